The largest absolute Gasteiger partial charge is 0.481 e. The second-order valence-electron chi connectivity index (χ2n) is 8.00. The molecule has 0 aliphatic heterocycles. The maximum atomic E-state index is 13.1. The van der Waals surface area contributed by atoms with Gasteiger partial charge in [-0.1, -0.05) is 58.4 Å². The SMILES string of the molecule is CC(C)O[C@@H]1C[C@H](c2ccc(Br)cc2)[C@@H](C(=O)OCc2ccccc2)[C@H](C(=O)O)C1. The Morgan fingerprint density at radius 3 is 2.33 bits per heavy atom. The van der Waals surface area contributed by atoms with Crippen molar-refractivity contribution in [3.63, 3.8) is 0 Å². The Hall–Kier alpha value is -2.18. The van der Waals surface area contributed by atoms with E-state index in [1.54, 1.807) is 0 Å². The molecule has 0 spiro atoms. The van der Waals surface area contributed by atoms with E-state index in [1.807, 2.05) is 68.4 Å². The Morgan fingerprint density at radius 2 is 1.73 bits per heavy atom. The van der Waals surface area contributed by atoms with Crippen LogP contribution < -0.4 is 0 Å². The molecule has 0 saturated heterocycles. The first-order valence-corrected chi connectivity index (χ1v) is 11.0. The van der Waals surface area contributed by atoms with Gasteiger partial charge in [0, 0.05) is 10.4 Å². The molecule has 5 nitrogen and oxygen atoms in total. The number of carbonyl (C=O) groups is 2. The Balaban J connectivity index is 1.88. The minimum atomic E-state index is -0.990. The minimum Gasteiger partial charge on any atom is -0.481 e. The number of benzene rings is 2. The first kappa shape index (κ1) is 22.5. The molecule has 0 heterocycles. The molecular formula is C24H27BrO5. The van der Waals surface area contributed by atoms with Crippen molar-refractivity contribution >= 4 is 27.9 Å². The van der Waals surface area contributed by atoms with E-state index in [2.05, 4.69) is 15.9 Å². The lowest BCUT2D eigenvalue weighted by molar-refractivity contribution is -0.166. The van der Waals surface area contributed by atoms with Crippen molar-refractivity contribution in [2.24, 2.45) is 11.8 Å². The van der Waals surface area contributed by atoms with E-state index in [4.69, 9.17) is 9.47 Å². The highest BCUT2D eigenvalue weighted by molar-refractivity contribution is 9.10. The number of ether oxygens (including phenoxy) is 2. The molecule has 0 amide bonds. The molecule has 30 heavy (non-hydrogen) atoms. The van der Waals surface area contributed by atoms with Crippen LogP contribution in [0.25, 0.3) is 0 Å². The first-order valence-electron chi connectivity index (χ1n) is 10.2. The third kappa shape index (κ3) is 5.70. The normalized spacial score (nSPS) is 23.9. The summed E-state index contributed by atoms with van der Waals surface area (Å²) in [5.41, 5.74) is 1.79. The van der Waals surface area contributed by atoms with Gasteiger partial charge in [-0.05, 0) is 49.9 Å². The number of carbonyl (C=O) groups excluding carboxylic acids is 1. The third-order valence-corrected chi connectivity index (χ3v) is 6.01. The monoisotopic (exact) mass is 474 g/mol. The van der Waals surface area contributed by atoms with Crippen LogP contribution in [0.2, 0.25) is 0 Å². The van der Waals surface area contributed by atoms with Crippen molar-refractivity contribution in [3.8, 4) is 0 Å². The van der Waals surface area contributed by atoms with Crippen molar-refractivity contribution in [3.05, 3.63) is 70.2 Å². The second kappa shape index (κ2) is 10.2. The lowest BCUT2D eigenvalue weighted by Crippen LogP contribution is -2.44. The number of carboxylic acids is 1. The lowest BCUT2D eigenvalue weighted by atomic mass is 9.68. The van der Waals surface area contributed by atoms with Crippen LogP contribution in [0.4, 0.5) is 0 Å². The van der Waals surface area contributed by atoms with Crippen LogP contribution in [0, 0.1) is 11.8 Å². The molecular weight excluding hydrogens is 448 g/mol. The smallest absolute Gasteiger partial charge is 0.310 e. The summed E-state index contributed by atoms with van der Waals surface area (Å²) in [7, 11) is 0. The zero-order chi connectivity index (χ0) is 21.7. The van der Waals surface area contributed by atoms with Gasteiger partial charge in [0.2, 0.25) is 0 Å². The van der Waals surface area contributed by atoms with Crippen LogP contribution in [-0.2, 0) is 25.7 Å². The average Bonchev–Trinajstić information content (AvgIpc) is 2.72. The Kier molecular flexibility index (Phi) is 7.67. The fourth-order valence-corrected chi connectivity index (χ4v) is 4.46. The Labute approximate surface area is 185 Å². The lowest BCUT2D eigenvalue weighted by Gasteiger charge is -2.39. The van der Waals surface area contributed by atoms with Crippen molar-refractivity contribution in [2.75, 3.05) is 0 Å². The number of esters is 1. The zero-order valence-electron chi connectivity index (χ0n) is 17.2. The number of rotatable bonds is 7. The minimum absolute atomic E-state index is 0.0170. The van der Waals surface area contributed by atoms with Crippen molar-refractivity contribution < 1.29 is 24.2 Å². The number of carboxylic acid groups (broad SMARTS) is 1. The van der Waals surface area contributed by atoms with Gasteiger partial charge in [0.25, 0.3) is 0 Å². The molecule has 6 heteroatoms. The van der Waals surface area contributed by atoms with Crippen LogP contribution in [0.1, 0.15) is 43.7 Å². The fraction of sp³-hybridized carbons (Fsp3) is 0.417. The maximum Gasteiger partial charge on any atom is 0.310 e. The molecule has 160 valence electrons. The Bertz CT molecular complexity index is 850. The topological polar surface area (TPSA) is 72.8 Å². The third-order valence-electron chi connectivity index (χ3n) is 5.48. The van der Waals surface area contributed by atoms with E-state index in [0.29, 0.717) is 12.8 Å². The molecule has 0 bridgehead atoms. The van der Waals surface area contributed by atoms with Gasteiger partial charge in [0.05, 0.1) is 24.0 Å². The summed E-state index contributed by atoms with van der Waals surface area (Å²) in [5, 5.41) is 9.93. The maximum absolute atomic E-state index is 13.1. The molecule has 1 aliphatic carbocycles. The summed E-state index contributed by atoms with van der Waals surface area (Å²) < 4.78 is 12.5. The van der Waals surface area contributed by atoms with Crippen molar-refractivity contribution in [2.45, 2.75) is 51.4 Å². The molecule has 1 fully saturated rings. The molecule has 2 aromatic carbocycles. The van der Waals surface area contributed by atoms with Gasteiger partial charge in [-0.2, -0.15) is 0 Å². The zero-order valence-corrected chi connectivity index (χ0v) is 18.7. The molecule has 0 radical (unpaired) electrons. The summed E-state index contributed by atoms with van der Waals surface area (Å²) in [4.78, 5) is 25.3. The molecule has 0 unspecified atom stereocenters. The van der Waals surface area contributed by atoms with Gasteiger partial charge >= 0.3 is 11.9 Å². The quantitative estimate of drug-likeness (QED) is 0.559. The van der Waals surface area contributed by atoms with Crippen LogP contribution in [0.3, 0.4) is 0 Å². The van der Waals surface area contributed by atoms with Crippen LogP contribution in [0.15, 0.2) is 59.1 Å². The fourth-order valence-electron chi connectivity index (χ4n) is 4.19. The highest BCUT2D eigenvalue weighted by Gasteiger charge is 2.47. The van der Waals surface area contributed by atoms with E-state index < -0.39 is 23.8 Å². The number of halogens is 1. The van der Waals surface area contributed by atoms with E-state index >= 15 is 0 Å². The van der Waals surface area contributed by atoms with Gasteiger partial charge in [-0.15, -0.1) is 0 Å². The van der Waals surface area contributed by atoms with Crippen LogP contribution in [0.5, 0.6) is 0 Å². The highest BCUT2D eigenvalue weighted by Crippen LogP contribution is 2.44. The summed E-state index contributed by atoms with van der Waals surface area (Å²) >= 11 is 3.43. The number of aliphatic carboxylic acids is 1. The van der Waals surface area contributed by atoms with E-state index in [0.717, 1.165) is 15.6 Å². The number of hydrogen-bond acceptors (Lipinski definition) is 4. The molecule has 4 atom stereocenters. The average molecular weight is 475 g/mol. The standard InChI is InChI=1S/C24H27BrO5/c1-15(2)30-19-12-20(17-8-10-18(25)11-9-17)22(21(13-19)23(26)27)24(28)29-14-16-6-4-3-5-7-16/h3-11,15,19-22H,12-14H2,1-2H3,(H,26,27)/t19-,20-,21-,22-/m1/s1. The summed E-state index contributed by atoms with van der Waals surface area (Å²) in [6.45, 7) is 4.00. The van der Waals surface area contributed by atoms with E-state index in [1.165, 1.54) is 0 Å². The van der Waals surface area contributed by atoms with Gasteiger partial charge < -0.3 is 14.6 Å². The van der Waals surface area contributed by atoms with Crippen molar-refractivity contribution in [1.29, 1.82) is 0 Å². The van der Waals surface area contributed by atoms with Crippen LogP contribution >= 0.6 is 15.9 Å². The number of hydrogen-bond donors (Lipinski definition) is 1. The highest BCUT2D eigenvalue weighted by atomic mass is 79.9. The second-order valence-corrected chi connectivity index (χ2v) is 8.92. The van der Waals surface area contributed by atoms with Crippen molar-refractivity contribution in [1.82, 2.24) is 0 Å². The van der Waals surface area contributed by atoms with Gasteiger partial charge in [0.15, 0.2) is 0 Å². The summed E-state index contributed by atoms with van der Waals surface area (Å²) in [5.74, 6) is -3.38. The molecule has 2 aromatic rings. The molecule has 1 aliphatic rings. The predicted molar refractivity (Wildman–Crippen MR) is 117 cm³/mol. The Morgan fingerprint density at radius 1 is 1.07 bits per heavy atom. The predicted octanol–water partition coefficient (Wildman–Crippen LogP) is 5.18. The van der Waals surface area contributed by atoms with E-state index in [9.17, 15) is 14.7 Å². The molecule has 1 N–H and O–H groups in total. The summed E-state index contributed by atoms with van der Waals surface area (Å²) in [6.07, 6.45) is 0.634. The molecule has 1 saturated carbocycles. The van der Waals surface area contributed by atoms with Gasteiger partial charge in [-0.25, -0.2) is 0 Å². The van der Waals surface area contributed by atoms with Gasteiger partial charge in [0.1, 0.15) is 6.61 Å². The van der Waals surface area contributed by atoms with E-state index in [-0.39, 0.29) is 24.7 Å². The molecule has 0 aromatic heterocycles. The first-order chi connectivity index (χ1) is 14.3. The molecule has 3 rings (SSSR count). The van der Waals surface area contributed by atoms with Gasteiger partial charge in [-0.3, -0.25) is 9.59 Å². The summed E-state index contributed by atoms with van der Waals surface area (Å²) in [6, 6.07) is 17.1. The van der Waals surface area contributed by atoms with Crippen LogP contribution in [-0.4, -0.2) is 29.3 Å².